The van der Waals surface area contributed by atoms with Crippen LogP contribution >= 0.6 is 0 Å². The van der Waals surface area contributed by atoms with Gasteiger partial charge in [0, 0.05) is 11.3 Å². The van der Waals surface area contributed by atoms with Gasteiger partial charge < -0.3 is 4.74 Å². The number of benzene rings is 1. The van der Waals surface area contributed by atoms with Gasteiger partial charge in [0.25, 0.3) is 0 Å². The lowest BCUT2D eigenvalue weighted by molar-refractivity contribution is -0.130. The van der Waals surface area contributed by atoms with Gasteiger partial charge in [0.2, 0.25) is 0 Å². The average Bonchev–Trinajstić information content (AvgIpc) is 3.42. The molecule has 1 atom stereocenters. The van der Waals surface area contributed by atoms with Gasteiger partial charge in [-0.25, -0.2) is 0 Å². The van der Waals surface area contributed by atoms with E-state index in [0.717, 1.165) is 31.2 Å². The maximum atomic E-state index is 13.1. The predicted octanol–water partition coefficient (Wildman–Crippen LogP) is 3.22. The topological polar surface area (TPSA) is 77.5 Å². The van der Waals surface area contributed by atoms with Gasteiger partial charge >= 0.3 is 0 Å². The van der Waals surface area contributed by atoms with Crippen LogP contribution in [0.5, 0.6) is 5.75 Å². The fourth-order valence-electron chi connectivity index (χ4n) is 3.66. The molecule has 1 fully saturated rings. The second-order valence-electron chi connectivity index (χ2n) is 7.98. The fraction of sp³-hybridized carbons (Fsp3) is 0.524. The lowest BCUT2D eigenvalue weighted by Crippen LogP contribution is -2.34. The second-order valence-corrected chi connectivity index (χ2v) is 7.98. The highest BCUT2D eigenvalue weighted by Crippen LogP contribution is 2.41. The molecule has 1 saturated carbocycles. The molecule has 0 spiro atoms. The SMILES string of the molecule is COc1c(C(=O)C(C(C)=O)C(=O)C2CC2)ccc2c1C(=O)C(C)(C)CC2. The van der Waals surface area contributed by atoms with E-state index in [-0.39, 0.29) is 28.8 Å². The van der Waals surface area contributed by atoms with Gasteiger partial charge in [0.05, 0.1) is 18.2 Å². The van der Waals surface area contributed by atoms with E-state index in [2.05, 4.69) is 0 Å². The van der Waals surface area contributed by atoms with E-state index in [1.165, 1.54) is 14.0 Å². The normalized spacial score (nSPS) is 19.5. The summed E-state index contributed by atoms with van der Waals surface area (Å²) in [7, 11) is 1.41. The zero-order valence-corrected chi connectivity index (χ0v) is 15.7. The van der Waals surface area contributed by atoms with Gasteiger partial charge in [-0.15, -0.1) is 0 Å². The lowest BCUT2D eigenvalue weighted by atomic mass is 9.72. The Labute approximate surface area is 153 Å². The maximum absolute atomic E-state index is 13.1. The van der Waals surface area contributed by atoms with Crippen molar-refractivity contribution in [2.75, 3.05) is 7.11 Å². The van der Waals surface area contributed by atoms with Crippen molar-refractivity contribution in [1.29, 1.82) is 0 Å². The second kappa shape index (κ2) is 6.45. The number of hydrogen-bond acceptors (Lipinski definition) is 5. The third kappa shape index (κ3) is 3.00. The minimum atomic E-state index is -1.30. The first kappa shape index (κ1) is 18.5. The molecule has 0 bridgehead atoms. The Morgan fingerprint density at radius 1 is 1.19 bits per heavy atom. The number of ether oxygens (including phenoxy) is 1. The number of aryl methyl sites for hydroxylation is 1. The van der Waals surface area contributed by atoms with Crippen LogP contribution in [0.1, 0.15) is 66.3 Å². The molecule has 5 nitrogen and oxygen atoms in total. The van der Waals surface area contributed by atoms with Crippen molar-refractivity contribution in [3.63, 3.8) is 0 Å². The van der Waals surface area contributed by atoms with Gasteiger partial charge in [-0.3, -0.25) is 19.2 Å². The lowest BCUT2D eigenvalue weighted by Gasteiger charge is -2.31. The van der Waals surface area contributed by atoms with Crippen LogP contribution in [-0.2, 0) is 16.0 Å². The van der Waals surface area contributed by atoms with Crippen molar-refractivity contribution in [1.82, 2.24) is 0 Å². The third-order valence-corrected chi connectivity index (χ3v) is 5.51. The van der Waals surface area contributed by atoms with Crippen LogP contribution in [0.25, 0.3) is 0 Å². The third-order valence-electron chi connectivity index (χ3n) is 5.51. The summed E-state index contributed by atoms with van der Waals surface area (Å²) in [5.74, 6) is -2.71. The number of carbonyl (C=O) groups is 4. The van der Waals surface area contributed by atoms with E-state index >= 15 is 0 Å². The van der Waals surface area contributed by atoms with Crippen molar-refractivity contribution in [3.8, 4) is 5.75 Å². The summed E-state index contributed by atoms with van der Waals surface area (Å²) in [5, 5.41) is 0. The number of hydrogen-bond donors (Lipinski definition) is 0. The van der Waals surface area contributed by atoms with Gasteiger partial charge in [0.1, 0.15) is 17.5 Å². The minimum absolute atomic E-state index is 0.0712. The molecule has 1 aromatic rings. The highest BCUT2D eigenvalue weighted by Gasteiger charge is 2.43. The Morgan fingerprint density at radius 2 is 1.85 bits per heavy atom. The van der Waals surface area contributed by atoms with Crippen LogP contribution in [0.3, 0.4) is 0 Å². The van der Waals surface area contributed by atoms with E-state index in [1.807, 2.05) is 13.8 Å². The van der Waals surface area contributed by atoms with Crippen LogP contribution in [0.4, 0.5) is 0 Å². The molecule has 0 N–H and O–H groups in total. The van der Waals surface area contributed by atoms with Crippen molar-refractivity contribution in [2.45, 2.75) is 46.5 Å². The summed E-state index contributed by atoms with van der Waals surface area (Å²) in [6, 6.07) is 3.33. The molecular formula is C21H24O5. The smallest absolute Gasteiger partial charge is 0.184 e. The Hall–Kier alpha value is -2.30. The molecule has 0 aromatic heterocycles. The molecule has 2 aliphatic carbocycles. The highest BCUT2D eigenvalue weighted by molar-refractivity contribution is 6.25. The average molecular weight is 356 g/mol. The zero-order valence-electron chi connectivity index (χ0n) is 15.7. The molecule has 0 aliphatic heterocycles. The fourth-order valence-corrected chi connectivity index (χ4v) is 3.66. The Balaban J connectivity index is 2.09. The Morgan fingerprint density at radius 3 is 2.38 bits per heavy atom. The molecular weight excluding hydrogens is 332 g/mol. The summed E-state index contributed by atoms with van der Waals surface area (Å²) in [4.78, 5) is 50.5. The molecule has 1 aromatic carbocycles. The standard InChI is InChI=1S/C21H24O5/c1-11(22)15(17(23)13-5-6-13)18(24)14-8-7-12-9-10-21(2,3)20(25)16(12)19(14)26-4/h7-8,13,15H,5-6,9-10H2,1-4H3. The Kier molecular flexibility index (Phi) is 4.59. The maximum Gasteiger partial charge on any atom is 0.184 e. The molecule has 5 heteroatoms. The molecule has 0 heterocycles. The van der Waals surface area contributed by atoms with E-state index in [1.54, 1.807) is 12.1 Å². The summed E-state index contributed by atoms with van der Waals surface area (Å²) in [6.45, 7) is 5.02. The first-order valence-corrected chi connectivity index (χ1v) is 9.02. The van der Waals surface area contributed by atoms with Crippen LogP contribution in [0.2, 0.25) is 0 Å². The highest BCUT2D eigenvalue weighted by atomic mass is 16.5. The number of methoxy groups -OCH3 is 1. The molecule has 0 amide bonds. The van der Waals surface area contributed by atoms with E-state index in [0.29, 0.717) is 5.56 Å². The summed E-state index contributed by atoms with van der Waals surface area (Å²) in [5.41, 5.74) is 0.865. The minimum Gasteiger partial charge on any atom is -0.495 e. The molecule has 2 aliphatic rings. The van der Waals surface area contributed by atoms with Gasteiger partial charge in [0.15, 0.2) is 17.3 Å². The monoisotopic (exact) mass is 356 g/mol. The summed E-state index contributed by atoms with van der Waals surface area (Å²) >= 11 is 0. The van der Waals surface area contributed by atoms with E-state index in [4.69, 9.17) is 4.74 Å². The van der Waals surface area contributed by atoms with Crippen LogP contribution in [-0.4, -0.2) is 30.2 Å². The van der Waals surface area contributed by atoms with Gasteiger partial charge in [-0.05, 0) is 44.2 Å². The number of fused-ring (bicyclic) bond motifs is 1. The molecule has 1 unspecified atom stereocenters. The summed E-state index contributed by atoms with van der Waals surface area (Å²) in [6.07, 6.45) is 2.90. The van der Waals surface area contributed by atoms with Crippen molar-refractivity contribution in [3.05, 3.63) is 28.8 Å². The van der Waals surface area contributed by atoms with Crippen LogP contribution in [0.15, 0.2) is 12.1 Å². The van der Waals surface area contributed by atoms with Crippen molar-refractivity contribution in [2.24, 2.45) is 17.3 Å². The number of Topliss-reactive ketones (excluding diaryl/α,β-unsaturated/α-hetero) is 4. The Bertz CT molecular complexity index is 814. The van der Waals surface area contributed by atoms with E-state index < -0.39 is 22.9 Å². The number of rotatable bonds is 6. The number of ketones is 4. The van der Waals surface area contributed by atoms with Gasteiger partial charge in [-0.2, -0.15) is 0 Å². The van der Waals surface area contributed by atoms with Crippen molar-refractivity contribution < 1.29 is 23.9 Å². The molecule has 0 saturated heterocycles. The largest absolute Gasteiger partial charge is 0.495 e. The molecule has 3 rings (SSSR count). The van der Waals surface area contributed by atoms with Crippen molar-refractivity contribution >= 4 is 23.1 Å². The zero-order chi connectivity index (χ0) is 19.2. The first-order chi connectivity index (χ1) is 12.2. The molecule has 26 heavy (non-hydrogen) atoms. The number of carbonyl (C=O) groups excluding carboxylic acids is 4. The first-order valence-electron chi connectivity index (χ1n) is 9.02. The van der Waals surface area contributed by atoms with Crippen LogP contribution < -0.4 is 4.74 Å². The van der Waals surface area contributed by atoms with E-state index in [9.17, 15) is 19.2 Å². The predicted molar refractivity (Wildman–Crippen MR) is 95.7 cm³/mol. The van der Waals surface area contributed by atoms with Crippen LogP contribution in [0, 0.1) is 17.3 Å². The molecule has 138 valence electrons. The van der Waals surface area contributed by atoms with Gasteiger partial charge in [-0.1, -0.05) is 19.9 Å². The molecule has 0 radical (unpaired) electrons. The quantitative estimate of drug-likeness (QED) is 0.578. The summed E-state index contributed by atoms with van der Waals surface area (Å²) < 4.78 is 5.45.